The molecule has 1 aliphatic carbocycles. The van der Waals surface area contributed by atoms with Gasteiger partial charge in [0.05, 0.1) is 11.8 Å². The lowest BCUT2D eigenvalue weighted by Crippen LogP contribution is -2.48. The van der Waals surface area contributed by atoms with E-state index in [0.29, 0.717) is 18.2 Å². The summed E-state index contributed by atoms with van der Waals surface area (Å²) < 4.78 is 1.95. The quantitative estimate of drug-likeness (QED) is 0.268. The summed E-state index contributed by atoms with van der Waals surface area (Å²) in [6.45, 7) is 4.69. The summed E-state index contributed by atoms with van der Waals surface area (Å²) in [7, 11) is 0. The lowest BCUT2D eigenvalue weighted by atomic mass is 9.89. The van der Waals surface area contributed by atoms with Crippen LogP contribution >= 0.6 is 0 Å². The number of rotatable bonds is 8. The van der Waals surface area contributed by atoms with E-state index in [9.17, 15) is 4.79 Å². The first kappa shape index (κ1) is 26.9. The Morgan fingerprint density at radius 3 is 2.38 bits per heavy atom. The van der Waals surface area contributed by atoms with E-state index in [2.05, 4.69) is 59.0 Å². The molecule has 2 amide bonds. The van der Waals surface area contributed by atoms with E-state index >= 15 is 0 Å². The number of carbonyl (C=O) groups is 1. The van der Waals surface area contributed by atoms with E-state index in [-0.39, 0.29) is 18.1 Å². The Bertz CT molecular complexity index is 1430. The maximum absolute atomic E-state index is 13.6. The number of hydrogen-bond acceptors (Lipinski definition) is 5. The summed E-state index contributed by atoms with van der Waals surface area (Å²) >= 11 is 0. The van der Waals surface area contributed by atoms with Crippen LogP contribution in [0.3, 0.4) is 0 Å². The Morgan fingerprint density at radius 1 is 1.00 bits per heavy atom. The van der Waals surface area contributed by atoms with Crippen LogP contribution in [-0.2, 0) is 6.54 Å². The summed E-state index contributed by atoms with van der Waals surface area (Å²) in [5, 5.41) is 20.1. The number of aromatic nitrogens is 3. The Hall–Kier alpha value is -4.64. The lowest BCUT2D eigenvalue weighted by molar-refractivity contribution is 0.240. The fraction of sp³-hybridized carbons (Fsp3) is 0.312. The Labute approximate surface area is 235 Å². The van der Waals surface area contributed by atoms with Crippen LogP contribution in [0, 0.1) is 11.3 Å². The largest absolute Gasteiger partial charge is 0.367 e. The maximum atomic E-state index is 13.6. The molecule has 8 heteroatoms. The van der Waals surface area contributed by atoms with Crippen molar-refractivity contribution in [3.8, 4) is 17.2 Å². The highest BCUT2D eigenvalue weighted by Crippen LogP contribution is 2.31. The monoisotopic (exact) mass is 533 g/mol. The van der Waals surface area contributed by atoms with Gasteiger partial charge in [-0.2, -0.15) is 10.4 Å². The van der Waals surface area contributed by atoms with Gasteiger partial charge >= 0.3 is 6.03 Å². The average molecular weight is 534 g/mol. The third-order valence-electron chi connectivity index (χ3n) is 7.42. The summed E-state index contributed by atoms with van der Waals surface area (Å²) in [5.41, 5.74) is 4.63. The number of carbonyl (C=O) groups excluding carboxylic acids is 1. The molecule has 2 aromatic heterocycles. The molecule has 0 saturated heterocycles. The fourth-order valence-electron chi connectivity index (χ4n) is 5.17. The van der Waals surface area contributed by atoms with Gasteiger partial charge in [0.25, 0.3) is 0 Å². The summed E-state index contributed by atoms with van der Waals surface area (Å²) in [6, 6.07) is 24.5. The topological polar surface area (TPSA) is 98.9 Å². The zero-order chi connectivity index (χ0) is 27.9. The van der Waals surface area contributed by atoms with E-state index in [1.165, 1.54) is 0 Å². The number of nitrogens with zero attached hydrogens (tertiary/aromatic N) is 5. The van der Waals surface area contributed by atoms with Crippen molar-refractivity contribution in [2.45, 2.75) is 64.2 Å². The molecule has 1 saturated carbocycles. The van der Waals surface area contributed by atoms with Crippen molar-refractivity contribution in [2.24, 2.45) is 0 Å². The second kappa shape index (κ2) is 12.5. The minimum Gasteiger partial charge on any atom is -0.367 e. The smallest absolute Gasteiger partial charge is 0.322 e. The third kappa shape index (κ3) is 6.49. The Kier molecular flexibility index (Phi) is 8.41. The van der Waals surface area contributed by atoms with Crippen molar-refractivity contribution < 1.29 is 4.79 Å². The van der Waals surface area contributed by atoms with Crippen LogP contribution in [0.1, 0.15) is 56.7 Å². The molecule has 2 aromatic carbocycles. The van der Waals surface area contributed by atoms with Gasteiger partial charge in [-0.1, -0.05) is 42.5 Å². The van der Waals surface area contributed by atoms with Crippen molar-refractivity contribution in [1.29, 1.82) is 5.26 Å². The van der Waals surface area contributed by atoms with Gasteiger partial charge in [0.15, 0.2) is 0 Å². The van der Waals surface area contributed by atoms with Crippen LogP contribution < -0.4 is 15.5 Å². The van der Waals surface area contributed by atoms with Crippen LogP contribution in [0.5, 0.6) is 0 Å². The van der Waals surface area contributed by atoms with Crippen molar-refractivity contribution in [1.82, 2.24) is 20.1 Å². The lowest BCUT2D eigenvalue weighted by Gasteiger charge is -2.37. The molecule has 0 bridgehead atoms. The highest BCUT2D eigenvalue weighted by Gasteiger charge is 2.30. The molecular weight excluding hydrogens is 498 g/mol. The Balaban J connectivity index is 1.30. The van der Waals surface area contributed by atoms with Crippen molar-refractivity contribution in [3.63, 3.8) is 0 Å². The first-order valence-corrected chi connectivity index (χ1v) is 13.9. The average Bonchev–Trinajstić information content (AvgIpc) is 3.49. The summed E-state index contributed by atoms with van der Waals surface area (Å²) in [6.07, 6.45) is 9.11. The van der Waals surface area contributed by atoms with Crippen LogP contribution in [0.15, 0.2) is 85.3 Å². The number of benzene rings is 2. The number of pyridine rings is 1. The molecule has 4 aromatic rings. The predicted octanol–water partition coefficient (Wildman–Crippen LogP) is 6.54. The number of urea groups is 1. The van der Waals surface area contributed by atoms with Gasteiger partial charge in [0, 0.05) is 48.3 Å². The minimum absolute atomic E-state index is 0.0808. The Morgan fingerprint density at radius 2 is 1.75 bits per heavy atom. The van der Waals surface area contributed by atoms with Crippen molar-refractivity contribution >= 4 is 17.5 Å². The number of nitriles is 1. The van der Waals surface area contributed by atoms with Gasteiger partial charge < -0.3 is 10.6 Å². The van der Waals surface area contributed by atoms with E-state index in [1.807, 2.05) is 64.3 Å². The molecule has 40 heavy (non-hydrogen) atoms. The fourth-order valence-corrected chi connectivity index (χ4v) is 5.17. The van der Waals surface area contributed by atoms with Gasteiger partial charge in [0.2, 0.25) is 0 Å². The summed E-state index contributed by atoms with van der Waals surface area (Å²) in [4.78, 5) is 19.9. The molecule has 1 fully saturated rings. The van der Waals surface area contributed by atoms with E-state index in [1.54, 1.807) is 12.3 Å². The molecule has 2 heterocycles. The number of amides is 2. The van der Waals surface area contributed by atoms with Crippen LogP contribution in [0.2, 0.25) is 0 Å². The standard InChI is InChI=1S/C32H35N7O/c1-23(2)38-22-27(21-36-38)26-9-13-29(14-10-26)39(32(40)35-19-24-6-4-3-5-7-24)30-15-11-28(12-16-30)37-31-17-8-25(18-33)20-34-31/h3-10,13-14,17,20-23,28,30H,11-12,15-16,19H2,1-2H3,(H,34,37)(H,35,40)/t28-,30-. The predicted molar refractivity (Wildman–Crippen MR) is 158 cm³/mol. The van der Waals surface area contributed by atoms with Gasteiger partial charge in [-0.15, -0.1) is 0 Å². The van der Waals surface area contributed by atoms with Crippen molar-refractivity contribution in [3.05, 3.63) is 96.4 Å². The van der Waals surface area contributed by atoms with Gasteiger partial charge in [-0.05, 0) is 74.9 Å². The first-order chi connectivity index (χ1) is 19.5. The van der Waals surface area contributed by atoms with Gasteiger partial charge in [-0.25, -0.2) is 9.78 Å². The number of nitrogens with one attached hydrogen (secondary N) is 2. The zero-order valence-electron chi connectivity index (χ0n) is 23.0. The number of hydrogen-bond donors (Lipinski definition) is 2. The highest BCUT2D eigenvalue weighted by molar-refractivity contribution is 5.93. The van der Waals surface area contributed by atoms with Gasteiger partial charge in [0.1, 0.15) is 11.9 Å². The molecule has 1 aliphatic rings. The van der Waals surface area contributed by atoms with Gasteiger partial charge in [-0.3, -0.25) is 9.58 Å². The highest BCUT2D eigenvalue weighted by atomic mass is 16.2. The minimum atomic E-state index is -0.0885. The van der Waals surface area contributed by atoms with Crippen LogP contribution in [0.25, 0.3) is 11.1 Å². The van der Waals surface area contributed by atoms with Crippen molar-refractivity contribution in [2.75, 3.05) is 10.2 Å². The molecule has 0 unspecified atom stereocenters. The van der Waals surface area contributed by atoms with E-state index in [0.717, 1.165) is 53.9 Å². The van der Waals surface area contributed by atoms with E-state index in [4.69, 9.17) is 5.26 Å². The SMILES string of the molecule is CC(C)n1cc(-c2ccc(N(C(=O)NCc3ccccc3)[C@H]3CC[C@H](Nc4ccc(C#N)cn4)CC3)cc2)cn1. The molecule has 0 aliphatic heterocycles. The molecule has 5 rings (SSSR count). The maximum Gasteiger partial charge on any atom is 0.322 e. The second-order valence-electron chi connectivity index (χ2n) is 10.6. The molecule has 0 spiro atoms. The first-order valence-electron chi connectivity index (χ1n) is 13.9. The normalized spacial score (nSPS) is 16.8. The molecule has 0 atom stereocenters. The molecular formula is C32H35N7O. The third-order valence-corrected chi connectivity index (χ3v) is 7.42. The number of anilines is 2. The van der Waals surface area contributed by atoms with Crippen LogP contribution in [0.4, 0.5) is 16.3 Å². The molecule has 204 valence electrons. The molecule has 2 N–H and O–H groups in total. The van der Waals surface area contributed by atoms with Crippen LogP contribution in [-0.4, -0.2) is 32.9 Å². The summed E-state index contributed by atoms with van der Waals surface area (Å²) in [5.74, 6) is 0.774. The molecule has 8 nitrogen and oxygen atoms in total. The van der Waals surface area contributed by atoms with E-state index < -0.39 is 0 Å². The second-order valence-corrected chi connectivity index (χ2v) is 10.6. The zero-order valence-corrected chi connectivity index (χ0v) is 23.0. The molecule has 0 radical (unpaired) electrons.